The Morgan fingerprint density at radius 1 is 1.33 bits per heavy atom. The second kappa shape index (κ2) is 6.50. The number of aliphatic hydroxyl groups is 3. The monoisotopic (exact) mass is 342 g/mol. The number of aromatic nitrogens is 4. The van der Waals surface area contributed by atoms with Gasteiger partial charge in [-0.1, -0.05) is 0 Å². The summed E-state index contributed by atoms with van der Waals surface area (Å²) in [5.41, 5.74) is 11.9. The molecule has 0 bridgehead atoms. The fourth-order valence-corrected chi connectivity index (χ4v) is 2.50. The zero-order valence-corrected chi connectivity index (χ0v) is 12.3. The molecule has 0 unspecified atom stereocenters. The van der Waals surface area contributed by atoms with E-state index >= 15 is 0 Å². The first-order valence-electron chi connectivity index (χ1n) is 6.64. The second-order valence-corrected chi connectivity index (χ2v) is 4.99. The smallest absolute Gasteiger partial charge is 0.181 e. The van der Waals surface area contributed by atoms with Gasteiger partial charge in [0, 0.05) is 0 Å². The molecule has 11 N–H and O–H groups in total. The second-order valence-electron chi connectivity index (χ2n) is 4.99. The fourth-order valence-electron chi connectivity index (χ4n) is 2.50. The molecule has 1 fully saturated rings. The molecule has 3 rings (SSSR count). The summed E-state index contributed by atoms with van der Waals surface area (Å²) >= 11 is 0. The van der Waals surface area contributed by atoms with Gasteiger partial charge < -0.3 is 42.8 Å². The number of hydrogen-bond donors (Lipinski definition) is 6. The standard InChI is InChI=1S/C11H16N8O4.H2O/c12-8-4-5(9(13)17-14)18-19(10(4)16-2-15-8)11-7(22)6(21)3(1-20)23-11;/h2-3,6-7,11,20-22H,1,14H2,(H2,13,17)(H2,12,15,16);1H2/t3-,6-,7-,11-;/m1./s1. The Morgan fingerprint density at radius 2 is 2.04 bits per heavy atom. The summed E-state index contributed by atoms with van der Waals surface area (Å²) in [5, 5.41) is 37.0. The molecule has 2 aromatic rings. The lowest BCUT2D eigenvalue weighted by atomic mass is 10.1. The van der Waals surface area contributed by atoms with Crippen molar-refractivity contribution in [1.29, 1.82) is 0 Å². The molecule has 0 radical (unpaired) electrons. The minimum Gasteiger partial charge on any atom is -0.412 e. The Balaban J connectivity index is 0.00000208. The average molecular weight is 342 g/mol. The molecule has 132 valence electrons. The maximum atomic E-state index is 10.1. The molecule has 2 aromatic heterocycles. The zero-order valence-electron chi connectivity index (χ0n) is 12.3. The van der Waals surface area contributed by atoms with Gasteiger partial charge in [-0.25, -0.2) is 14.6 Å². The quantitative estimate of drug-likeness (QED) is 0.136. The average Bonchev–Trinajstić information content (AvgIpc) is 3.07. The van der Waals surface area contributed by atoms with Crippen LogP contribution in [0.4, 0.5) is 5.82 Å². The van der Waals surface area contributed by atoms with Crippen molar-refractivity contribution in [2.75, 3.05) is 12.3 Å². The largest absolute Gasteiger partial charge is 0.412 e. The van der Waals surface area contributed by atoms with Crippen LogP contribution in [0.2, 0.25) is 0 Å². The topological polar surface area (TPSA) is 235 Å². The number of anilines is 1. The molecule has 0 aliphatic carbocycles. The van der Waals surface area contributed by atoms with Gasteiger partial charge in [-0.15, -0.1) is 0 Å². The molecule has 1 aliphatic heterocycles. The van der Waals surface area contributed by atoms with Crippen LogP contribution in [0.15, 0.2) is 11.4 Å². The number of nitrogens with zero attached hydrogens (tertiary/aromatic N) is 5. The summed E-state index contributed by atoms with van der Waals surface area (Å²) in [5.74, 6) is 5.16. The van der Waals surface area contributed by atoms with Crippen LogP contribution < -0.4 is 17.3 Å². The molecule has 3 heterocycles. The fraction of sp³-hybridized carbons (Fsp3) is 0.455. The Kier molecular flexibility index (Phi) is 4.81. The molecule has 0 aromatic carbocycles. The van der Waals surface area contributed by atoms with E-state index in [4.69, 9.17) is 22.0 Å². The van der Waals surface area contributed by atoms with E-state index in [1.54, 1.807) is 0 Å². The molecule has 13 heteroatoms. The first-order chi connectivity index (χ1) is 11.0. The summed E-state index contributed by atoms with van der Waals surface area (Å²) in [6.07, 6.45) is -3.48. The lowest BCUT2D eigenvalue weighted by Crippen LogP contribution is -2.33. The SMILES string of the molecule is N/N=C(/N)c1nn([C@@H]2O[C@H](CO)[C@@H](O)[C@H]2O)c2ncnc(N)c12.O. The van der Waals surface area contributed by atoms with Gasteiger partial charge in [0.15, 0.2) is 17.7 Å². The van der Waals surface area contributed by atoms with Crippen molar-refractivity contribution < 1.29 is 25.5 Å². The molecule has 1 aliphatic rings. The highest BCUT2D eigenvalue weighted by Gasteiger charge is 2.45. The van der Waals surface area contributed by atoms with Gasteiger partial charge in [0.1, 0.15) is 36.2 Å². The van der Waals surface area contributed by atoms with Crippen molar-refractivity contribution in [2.45, 2.75) is 24.5 Å². The van der Waals surface area contributed by atoms with E-state index in [1.165, 1.54) is 11.0 Å². The summed E-state index contributed by atoms with van der Waals surface area (Å²) in [4.78, 5) is 7.92. The van der Waals surface area contributed by atoms with Crippen LogP contribution >= 0.6 is 0 Å². The number of hydrazone groups is 1. The molecule has 4 atom stereocenters. The van der Waals surface area contributed by atoms with Gasteiger partial charge in [-0.3, -0.25) is 0 Å². The normalized spacial score (nSPS) is 27.4. The molecule has 13 nitrogen and oxygen atoms in total. The van der Waals surface area contributed by atoms with Crippen molar-refractivity contribution in [2.24, 2.45) is 16.7 Å². The van der Waals surface area contributed by atoms with E-state index in [-0.39, 0.29) is 33.9 Å². The number of amidine groups is 1. The van der Waals surface area contributed by atoms with E-state index in [0.29, 0.717) is 0 Å². The van der Waals surface area contributed by atoms with Gasteiger partial charge in [-0.2, -0.15) is 10.2 Å². The predicted molar refractivity (Wildman–Crippen MR) is 81.3 cm³/mol. The number of ether oxygens (including phenoxy) is 1. The third-order valence-electron chi connectivity index (χ3n) is 3.66. The van der Waals surface area contributed by atoms with Crippen LogP contribution in [-0.4, -0.2) is 71.3 Å². The van der Waals surface area contributed by atoms with Crippen LogP contribution in [0.3, 0.4) is 0 Å². The van der Waals surface area contributed by atoms with Crippen molar-refractivity contribution >= 4 is 22.7 Å². The lowest BCUT2D eigenvalue weighted by molar-refractivity contribution is -0.0566. The lowest BCUT2D eigenvalue weighted by Gasteiger charge is -2.15. The van der Waals surface area contributed by atoms with Gasteiger partial charge in [0.2, 0.25) is 0 Å². The van der Waals surface area contributed by atoms with Crippen LogP contribution in [0, 0.1) is 0 Å². The first-order valence-corrected chi connectivity index (χ1v) is 6.64. The summed E-state index contributed by atoms with van der Waals surface area (Å²) < 4.78 is 6.63. The van der Waals surface area contributed by atoms with Crippen LogP contribution in [0.5, 0.6) is 0 Å². The summed E-state index contributed by atoms with van der Waals surface area (Å²) in [7, 11) is 0. The van der Waals surface area contributed by atoms with Crippen molar-refractivity contribution in [3.05, 3.63) is 12.0 Å². The number of aliphatic hydroxyl groups excluding tert-OH is 3. The molecule has 0 amide bonds. The highest BCUT2D eigenvalue weighted by molar-refractivity contribution is 6.09. The highest BCUT2D eigenvalue weighted by Crippen LogP contribution is 2.32. The molecule has 0 spiro atoms. The van der Waals surface area contributed by atoms with Gasteiger partial charge in [0.05, 0.1) is 12.0 Å². The minimum atomic E-state index is -1.34. The van der Waals surface area contributed by atoms with Gasteiger partial charge in [-0.05, 0) is 0 Å². The number of nitrogen functional groups attached to an aromatic ring is 1. The van der Waals surface area contributed by atoms with E-state index in [2.05, 4.69) is 20.2 Å². The Labute approximate surface area is 134 Å². The van der Waals surface area contributed by atoms with E-state index in [1.807, 2.05) is 0 Å². The third-order valence-corrected chi connectivity index (χ3v) is 3.66. The number of rotatable bonds is 3. The van der Waals surface area contributed by atoms with E-state index in [0.717, 1.165) is 0 Å². The third kappa shape index (κ3) is 2.49. The zero-order chi connectivity index (χ0) is 16.7. The molecule has 24 heavy (non-hydrogen) atoms. The Morgan fingerprint density at radius 3 is 2.62 bits per heavy atom. The van der Waals surface area contributed by atoms with E-state index < -0.39 is 31.1 Å². The van der Waals surface area contributed by atoms with Crippen molar-refractivity contribution in [1.82, 2.24) is 19.7 Å². The summed E-state index contributed by atoms with van der Waals surface area (Å²) in [6.45, 7) is -0.468. The number of hydrogen-bond acceptors (Lipinski definition) is 10. The highest BCUT2D eigenvalue weighted by atomic mass is 16.6. The maximum Gasteiger partial charge on any atom is 0.181 e. The van der Waals surface area contributed by atoms with Crippen molar-refractivity contribution in [3.63, 3.8) is 0 Å². The van der Waals surface area contributed by atoms with Gasteiger partial charge >= 0.3 is 0 Å². The Bertz CT molecular complexity index is 764. The molecule has 1 saturated heterocycles. The molecular weight excluding hydrogens is 324 g/mol. The molecule has 0 saturated carbocycles. The van der Waals surface area contributed by atoms with Gasteiger partial charge in [0.25, 0.3) is 0 Å². The number of fused-ring (bicyclic) bond motifs is 1. The van der Waals surface area contributed by atoms with Crippen LogP contribution in [0.25, 0.3) is 11.0 Å². The molecular formula is C11H18N8O5. The van der Waals surface area contributed by atoms with Crippen LogP contribution in [-0.2, 0) is 4.74 Å². The predicted octanol–water partition coefficient (Wildman–Crippen LogP) is -4.23. The van der Waals surface area contributed by atoms with Crippen LogP contribution in [0.1, 0.15) is 11.9 Å². The maximum absolute atomic E-state index is 10.1. The van der Waals surface area contributed by atoms with E-state index in [9.17, 15) is 15.3 Å². The van der Waals surface area contributed by atoms with Crippen molar-refractivity contribution in [3.8, 4) is 0 Å². The minimum absolute atomic E-state index is 0. The number of nitrogens with two attached hydrogens (primary N) is 3. The Hall–Kier alpha value is -2.58. The first kappa shape index (κ1) is 17.8. The summed E-state index contributed by atoms with van der Waals surface area (Å²) in [6, 6.07) is 0.